The van der Waals surface area contributed by atoms with Gasteiger partial charge in [-0.15, -0.1) is 0 Å². The standard InChI is InChI=1S/C18H23FN4O2/c1-4-5-8-20-16(24)11-23-17(25)10-13(3)21-18(23)22-14-6-7-15(19)12(2)9-14/h6-7,9-10H,4-5,8,11H2,1-3H3,(H,20,24)(H,21,22). The molecule has 2 rings (SSSR count). The Morgan fingerprint density at radius 1 is 1.28 bits per heavy atom. The molecule has 0 fully saturated rings. The molecule has 0 radical (unpaired) electrons. The SMILES string of the molecule is CCCCNC(=O)Cn1c(Nc2ccc(F)c(C)c2)nc(C)cc1=O. The normalized spacial score (nSPS) is 10.6. The van der Waals surface area contributed by atoms with Crippen LogP contribution in [0, 0.1) is 19.7 Å². The van der Waals surface area contributed by atoms with E-state index >= 15 is 0 Å². The molecule has 2 N–H and O–H groups in total. The summed E-state index contributed by atoms with van der Waals surface area (Å²) in [6, 6.07) is 5.89. The predicted molar refractivity (Wildman–Crippen MR) is 95.6 cm³/mol. The number of halogens is 1. The van der Waals surface area contributed by atoms with Gasteiger partial charge in [-0.05, 0) is 44.0 Å². The van der Waals surface area contributed by atoms with Gasteiger partial charge in [0, 0.05) is 24.0 Å². The Morgan fingerprint density at radius 2 is 2.04 bits per heavy atom. The number of rotatable bonds is 7. The molecule has 7 heteroatoms. The zero-order valence-corrected chi connectivity index (χ0v) is 14.7. The van der Waals surface area contributed by atoms with Crippen molar-refractivity contribution in [3.8, 4) is 0 Å². The van der Waals surface area contributed by atoms with Crippen molar-refractivity contribution in [2.45, 2.75) is 40.2 Å². The van der Waals surface area contributed by atoms with Gasteiger partial charge in [0.05, 0.1) is 0 Å². The molecule has 0 spiro atoms. The number of aryl methyl sites for hydroxylation is 2. The Balaban J connectivity index is 2.25. The first-order valence-electron chi connectivity index (χ1n) is 8.29. The van der Waals surface area contributed by atoms with Gasteiger partial charge < -0.3 is 10.6 Å². The summed E-state index contributed by atoms with van der Waals surface area (Å²) in [7, 11) is 0. The molecule has 1 heterocycles. The average molecular weight is 346 g/mol. The number of amides is 1. The van der Waals surface area contributed by atoms with Crippen molar-refractivity contribution in [2.24, 2.45) is 0 Å². The molecule has 0 aliphatic carbocycles. The second-order valence-corrected chi connectivity index (χ2v) is 5.94. The lowest BCUT2D eigenvalue weighted by atomic mass is 10.2. The number of benzene rings is 1. The molecule has 1 aromatic carbocycles. The molecule has 6 nitrogen and oxygen atoms in total. The van der Waals surface area contributed by atoms with Gasteiger partial charge in [-0.3, -0.25) is 14.2 Å². The minimum atomic E-state index is -0.320. The van der Waals surface area contributed by atoms with E-state index in [0.29, 0.717) is 23.5 Å². The quantitative estimate of drug-likeness (QED) is 0.756. The molecule has 1 aromatic heterocycles. The van der Waals surface area contributed by atoms with Crippen LogP contribution in [0.3, 0.4) is 0 Å². The monoisotopic (exact) mass is 346 g/mol. The van der Waals surface area contributed by atoms with Gasteiger partial charge in [0.25, 0.3) is 5.56 Å². The highest BCUT2D eigenvalue weighted by Crippen LogP contribution is 2.17. The Bertz CT molecular complexity index is 817. The van der Waals surface area contributed by atoms with Crippen LogP contribution in [0.5, 0.6) is 0 Å². The van der Waals surface area contributed by atoms with Crippen LogP contribution in [0.4, 0.5) is 16.0 Å². The molecule has 0 aliphatic rings. The van der Waals surface area contributed by atoms with Crippen LogP contribution < -0.4 is 16.2 Å². The summed E-state index contributed by atoms with van der Waals surface area (Å²) in [4.78, 5) is 28.6. The van der Waals surface area contributed by atoms with Gasteiger partial charge in [-0.25, -0.2) is 9.37 Å². The molecule has 0 unspecified atom stereocenters. The van der Waals surface area contributed by atoms with E-state index in [4.69, 9.17) is 0 Å². The highest BCUT2D eigenvalue weighted by molar-refractivity contribution is 5.76. The summed E-state index contributed by atoms with van der Waals surface area (Å²) in [5.41, 5.74) is 1.29. The topological polar surface area (TPSA) is 76.0 Å². The fourth-order valence-corrected chi connectivity index (χ4v) is 2.32. The van der Waals surface area contributed by atoms with E-state index in [9.17, 15) is 14.0 Å². The summed E-state index contributed by atoms with van der Waals surface area (Å²) < 4.78 is 14.7. The summed E-state index contributed by atoms with van der Waals surface area (Å²) in [6.45, 7) is 5.83. The molecule has 1 amide bonds. The van der Waals surface area contributed by atoms with Gasteiger partial charge >= 0.3 is 0 Å². The van der Waals surface area contributed by atoms with Crippen LogP contribution >= 0.6 is 0 Å². The second-order valence-electron chi connectivity index (χ2n) is 5.94. The molecular weight excluding hydrogens is 323 g/mol. The molecule has 2 aromatic rings. The van der Waals surface area contributed by atoms with E-state index in [0.717, 1.165) is 12.8 Å². The third-order valence-corrected chi connectivity index (χ3v) is 3.70. The van der Waals surface area contributed by atoms with Crippen LogP contribution in [-0.4, -0.2) is 22.0 Å². The number of carbonyl (C=O) groups excluding carboxylic acids is 1. The number of hydrogen-bond donors (Lipinski definition) is 2. The van der Waals surface area contributed by atoms with Crippen molar-refractivity contribution in [3.05, 3.63) is 51.7 Å². The largest absolute Gasteiger partial charge is 0.355 e. The van der Waals surface area contributed by atoms with Crippen molar-refractivity contribution in [1.82, 2.24) is 14.9 Å². The smallest absolute Gasteiger partial charge is 0.255 e. The van der Waals surface area contributed by atoms with E-state index < -0.39 is 0 Å². The molecular formula is C18H23FN4O2. The summed E-state index contributed by atoms with van der Waals surface area (Å²) in [6.07, 6.45) is 1.86. The van der Waals surface area contributed by atoms with Crippen LogP contribution in [0.25, 0.3) is 0 Å². The lowest BCUT2D eigenvalue weighted by Crippen LogP contribution is -2.34. The van der Waals surface area contributed by atoms with E-state index in [1.165, 1.54) is 16.7 Å². The van der Waals surface area contributed by atoms with Crippen LogP contribution in [0.2, 0.25) is 0 Å². The van der Waals surface area contributed by atoms with Gasteiger partial charge in [0.15, 0.2) is 0 Å². The van der Waals surface area contributed by atoms with Crippen LogP contribution in [-0.2, 0) is 11.3 Å². The molecule has 134 valence electrons. The second kappa shape index (κ2) is 8.41. The lowest BCUT2D eigenvalue weighted by Gasteiger charge is -2.14. The van der Waals surface area contributed by atoms with E-state index in [1.54, 1.807) is 26.0 Å². The number of anilines is 2. The third kappa shape index (κ3) is 5.14. The number of nitrogens with one attached hydrogen (secondary N) is 2. The van der Waals surface area contributed by atoms with Crippen molar-refractivity contribution in [1.29, 1.82) is 0 Å². The Hall–Kier alpha value is -2.70. The number of unbranched alkanes of at least 4 members (excludes halogenated alkanes) is 1. The maximum atomic E-state index is 13.4. The number of nitrogens with zero attached hydrogens (tertiary/aromatic N) is 2. The summed E-state index contributed by atoms with van der Waals surface area (Å²) in [5.74, 6) is -0.309. The first-order chi connectivity index (χ1) is 11.9. The zero-order chi connectivity index (χ0) is 18.4. The van der Waals surface area contributed by atoms with Gasteiger partial charge in [-0.1, -0.05) is 13.3 Å². The Labute approximate surface area is 146 Å². The van der Waals surface area contributed by atoms with Gasteiger partial charge in [0.1, 0.15) is 12.4 Å². The van der Waals surface area contributed by atoms with E-state index in [-0.39, 0.29) is 29.8 Å². The van der Waals surface area contributed by atoms with Gasteiger partial charge in [-0.2, -0.15) is 0 Å². The van der Waals surface area contributed by atoms with E-state index in [2.05, 4.69) is 15.6 Å². The Morgan fingerprint density at radius 3 is 2.72 bits per heavy atom. The number of hydrogen-bond acceptors (Lipinski definition) is 4. The minimum absolute atomic E-state index is 0.127. The number of aromatic nitrogens is 2. The average Bonchev–Trinajstić information content (AvgIpc) is 2.54. The fraction of sp³-hybridized carbons (Fsp3) is 0.389. The third-order valence-electron chi connectivity index (χ3n) is 3.70. The molecule has 25 heavy (non-hydrogen) atoms. The zero-order valence-electron chi connectivity index (χ0n) is 14.7. The molecule has 0 saturated heterocycles. The molecule has 0 saturated carbocycles. The maximum absolute atomic E-state index is 13.4. The first-order valence-corrected chi connectivity index (χ1v) is 8.29. The first kappa shape index (κ1) is 18.6. The van der Waals surface area contributed by atoms with E-state index in [1.807, 2.05) is 6.92 Å². The Kier molecular flexibility index (Phi) is 6.27. The van der Waals surface area contributed by atoms with Crippen molar-refractivity contribution in [3.63, 3.8) is 0 Å². The fourth-order valence-electron chi connectivity index (χ4n) is 2.32. The lowest BCUT2D eigenvalue weighted by molar-refractivity contribution is -0.121. The maximum Gasteiger partial charge on any atom is 0.255 e. The number of carbonyl (C=O) groups is 1. The van der Waals surface area contributed by atoms with Crippen molar-refractivity contribution >= 4 is 17.5 Å². The minimum Gasteiger partial charge on any atom is -0.355 e. The van der Waals surface area contributed by atoms with Crippen molar-refractivity contribution < 1.29 is 9.18 Å². The van der Waals surface area contributed by atoms with Gasteiger partial charge in [0.2, 0.25) is 11.9 Å². The molecule has 0 aliphatic heterocycles. The van der Waals surface area contributed by atoms with Crippen LogP contribution in [0.1, 0.15) is 31.0 Å². The summed E-state index contributed by atoms with van der Waals surface area (Å²) in [5, 5.41) is 5.78. The van der Waals surface area contributed by atoms with Crippen molar-refractivity contribution in [2.75, 3.05) is 11.9 Å². The van der Waals surface area contributed by atoms with Crippen LogP contribution in [0.15, 0.2) is 29.1 Å². The molecule has 0 atom stereocenters. The predicted octanol–water partition coefficient (Wildman–Crippen LogP) is 2.66. The molecule has 0 bridgehead atoms. The summed E-state index contributed by atoms with van der Waals surface area (Å²) >= 11 is 0. The highest BCUT2D eigenvalue weighted by atomic mass is 19.1. The highest BCUT2D eigenvalue weighted by Gasteiger charge is 2.12.